The lowest BCUT2D eigenvalue weighted by Crippen LogP contribution is -2.31. The van der Waals surface area contributed by atoms with Gasteiger partial charge in [-0.15, -0.1) is 0 Å². The van der Waals surface area contributed by atoms with E-state index in [9.17, 15) is 18.9 Å². The predicted octanol–water partition coefficient (Wildman–Crippen LogP) is 0.149. The molecule has 252 valence electrons. The molecule has 2 aliphatic rings. The Labute approximate surface area is 255 Å². The molecule has 0 saturated carbocycles. The summed E-state index contributed by atoms with van der Waals surface area (Å²) in [6, 6.07) is 3.15. The number of nitrogens with two attached hydrogens (primary N) is 2. The molecule has 2 fully saturated rings. The summed E-state index contributed by atoms with van der Waals surface area (Å²) in [7, 11) is -0.569. The van der Waals surface area contributed by atoms with Crippen molar-refractivity contribution in [2.24, 2.45) is 0 Å². The molecule has 4 unspecified atom stereocenters. The lowest BCUT2D eigenvalue weighted by atomic mass is 10.2. The van der Waals surface area contributed by atoms with Crippen molar-refractivity contribution in [3.8, 4) is 0 Å². The van der Waals surface area contributed by atoms with Crippen LogP contribution in [0.25, 0.3) is 0 Å². The average Bonchev–Trinajstić information content (AvgIpc) is 3.65. The van der Waals surface area contributed by atoms with Crippen LogP contribution in [-0.4, -0.2) is 86.6 Å². The number of hydrogen-bond acceptors (Lipinski definition) is 13. The number of aliphatic hydroxyl groups is 1. The molecule has 19 heteroatoms. The molecule has 44 heavy (non-hydrogen) atoms. The maximum atomic E-state index is 11.6. The molecule has 2 aromatic rings. The van der Waals surface area contributed by atoms with Crippen molar-refractivity contribution in [1.82, 2.24) is 24.4 Å². The van der Waals surface area contributed by atoms with E-state index in [1.54, 1.807) is 31.6 Å². The van der Waals surface area contributed by atoms with E-state index < -0.39 is 13.5 Å². The highest BCUT2D eigenvalue weighted by atomic mass is 31.2. The van der Waals surface area contributed by atoms with Crippen LogP contribution in [0.2, 0.25) is 0 Å². The number of aliphatic hydroxyl groups excluding tert-OH is 1. The third-order valence-corrected chi connectivity index (χ3v) is 6.14. The second-order valence-corrected chi connectivity index (χ2v) is 10.1. The van der Waals surface area contributed by atoms with Gasteiger partial charge in [0.15, 0.2) is 0 Å². The van der Waals surface area contributed by atoms with E-state index in [4.69, 9.17) is 40.6 Å². The van der Waals surface area contributed by atoms with Gasteiger partial charge in [0.1, 0.15) is 24.1 Å². The van der Waals surface area contributed by atoms with Crippen molar-refractivity contribution in [1.29, 1.82) is 0 Å². The van der Waals surface area contributed by atoms with Gasteiger partial charge < -0.3 is 45.9 Å². The highest BCUT2D eigenvalue weighted by Gasteiger charge is 2.28. The Morgan fingerprint density at radius 1 is 0.955 bits per heavy atom. The van der Waals surface area contributed by atoms with E-state index >= 15 is 0 Å². The second-order valence-electron chi connectivity index (χ2n) is 8.73. The van der Waals surface area contributed by atoms with Crippen LogP contribution in [0.1, 0.15) is 58.9 Å². The summed E-state index contributed by atoms with van der Waals surface area (Å²) in [5.74, 6) is 0.338. The fourth-order valence-electron chi connectivity index (χ4n) is 3.79. The fraction of sp³-hybridized carbons (Fsp3) is 0.640. The first kappa shape index (κ1) is 40.8. The number of hydrogen-bond donors (Lipinski definition) is 6. The number of carbonyl (C=O) groups excluding carboxylic acids is 1. The van der Waals surface area contributed by atoms with Gasteiger partial charge in [0.2, 0.25) is 5.91 Å². The number of nitrogens with one attached hydrogen (secondary N) is 1. The van der Waals surface area contributed by atoms with Gasteiger partial charge in [-0.1, -0.05) is 13.8 Å². The number of phosphoric acid groups is 1. The molecule has 4 heterocycles. The van der Waals surface area contributed by atoms with Crippen LogP contribution in [0.3, 0.4) is 0 Å². The SMILES string of the molecule is CC.CC(=O)NCC1CCC(n2ccc(N)nc2=O)O1.CO.COCC1CCC(n2ccc(N)nc2=O)O1.COP(=O)(O)O. The molecule has 1 amide bonds. The minimum Gasteiger partial charge on any atom is -0.400 e. The van der Waals surface area contributed by atoms with Gasteiger partial charge in [-0.2, -0.15) is 9.97 Å². The average molecular weight is 652 g/mol. The van der Waals surface area contributed by atoms with Crippen LogP contribution >= 0.6 is 7.82 Å². The molecule has 0 aliphatic carbocycles. The molecular formula is C25H46N7O11P. The molecule has 0 radical (unpaired) electrons. The van der Waals surface area contributed by atoms with Crippen molar-refractivity contribution in [3.63, 3.8) is 0 Å². The van der Waals surface area contributed by atoms with E-state index in [0.29, 0.717) is 13.2 Å². The number of ether oxygens (including phenoxy) is 3. The molecule has 4 rings (SSSR count). The van der Waals surface area contributed by atoms with E-state index in [-0.39, 0.29) is 47.9 Å². The highest BCUT2D eigenvalue weighted by Crippen LogP contribution is 2.33. The molecule has 8 N–H and O–H groups in total. The van der Waals surface area contributed by atoms with Crippen LogP contribution in [0.4, 0.5) is 11.6 Å². The minimum absolute atomic E-state index is 0.0550. The van der Waals surface area contributed by atoms with Gasteiger partial charge in [-0.05, 0) is 37.8 Å². The zero-order chi connectivity index (χ0) is 33.9. The van der Waals surface area contributed by atoms with Crippen molar-refractivity contribution >= 4 is 25.4 Å². The Morgan fingerprint density at radius 3 is 1.73 bits per heavy atom. The number of aromatic nitrogens is 4. The Hall–Kier alpha value is -3.22. The van der Waals surface area contributed by atoms with E-state index in [2.05, 4.69) is 19.8 Å². The third-order valence-electron chi connectivity index (χ3n) is 5.66. The smallest absolute Gasteiger partial charge is 0.400 e. The first-order valence-corrected chi connectivity index (χ1v) is 15.2. The lowest BCUT2D eigenvalue weighted by Gasteiger charge is -2.15. The molecule has 2 aromatic heterocycles. The third kappa shape index (κ3) is 15.5. The lowest BCUT2D eigenvalue weighted by molar-refractivity contribution is -0.119. The van der Waals surface area contributed by atoms with Gasteiger partial charge >= 0.3 is 19.2 Å². The Kier molecular flexibility index (Phi) is 19.9. The number of carbonyl (C=O) groups is 1. The van der Waals surface area contributed by atoms with Crippen molar-refractivity contribution in [2.45, 2.75) is 71.1 Å². The second kappa shape index (κ2) is 21.5. The molecule has 2 aliphatic heterocycles. The zero-order valence-corrected chi connectivity index (χ0v) is 26.8. The van der Waals surface area contributed by atoms with Gasteiger partial charge in [-0.25, -0.2) is 14.2 Å². The number of anilines is 2. The topological polar surface area (TPSA) is 266 Å². The summed E-state index contributed by atoms with van der Waals surface area (Å²) in [5.41, 5.74) is 10.0. The van der Waals surface area contributed by atoms with Crippen LogP contribution in [-0.2, 0) is 28.1 Å². The predicted molar refractivity (Wildman–Crippen MR) is 161 cm³/mol. The maximum Gasteiger partial charge on any atom is 0.469 e. The first-order chi connectivity index (χ1) is 20.8. The summed E-state index contributed by atoms with van der Waals surface area (Å²) in [5, 5.41) is 9.70. The summed E-state index contributed by atoms with van der Waals surface area (Å²) >= 11 is 0. The Morgan fingerprint density at radius 2 is 1.36 bits per heavy atom. The molecule has 0 bridgehead atoms. The van der Waals surface area contributed by atoms with Crippen LogP contribution < -0.4 is 28.2 Å². The zero-order valence-electron chi connectivity index (χ0n) is 25.9. The van der Waals surface area contributed by atoms with Crippen molar-refractivity contribution in [3.05, 3.63) is 45.5 Å². The molecule has 2 saturated heterocycles. The van der Waals surface area contributed by atoms with E-state index in [1.165, 1.54) is 16.1 Å². The fourth-order valence-corrected chi connectivity index (χ4v) is 3.79. The number of nitrogens with zero attached hydrogens (tertiary/aromatic N) is 4. The Balaban J connectivity index is 0.000000652. The number of methoxy groups -OCH3 is 1. The van der Waals surface area contributed by atoms with Crippen LogP contribution in [0, 0.1) is 0 Å². The number of nitrogen functional groups attached to an aromatic ring is 2. The first-order valence-electron chi connectivity index (χ1n) is 13.6. The van der Waals surface area contributed by atoms with Gasteiger partial charge in [0.25, 0.3) is 0 Å². The molecule has 4 atom stereocenters. The standard InChI is InChI=1S/C11H16N4O3.C10H15N3O3.C2H6.CH5O4P.CH4O/c1-7(16)13-6-8-2-3-10(18-8)15-5-4-9(12)14-11(15)17;1-15-6-7-2-3-9(16-7)13-5-4-8(11)12-10(13)14;1-2;1-5-6(2,3)4;1-2/h4-5,8,10H,2-3,6H2,1H3,(H,13,16)(H2,12,14,17);4-5,7,9H,2-3,6H2,1H3,(H2,11,12,14);1-2H3;1H3,(H2,2,3,4);2H,1H3. The van der Waals surface area contributed by atoms with Gasteiger partial charge in [0, 0.05) is 47.2 Å². The number of amides is 1. The van der Waals surface area contributed by atoms with Crippen LogP contribution in [0.5, 0.6) is 0 Å². The summed E-state index contributed by atoms with van der Waals surface area (Å²) in [6.45, 7) is 6.47. The largest absolute Gasteiger partial charge is 0.469 e. The number of rotatable bonds is 7. The van der Waals surface area contributed by atoms with E-state index in [0.717, 1.165) is 39.9 Å². The van der Waals surface area contributed by atoms with Crippen molar-refractivity contribution < 1.29 is 43.0 Å². The summed E-state index contributed by atoms with van der Waals surface area (Å²) in [4.78, 5) is 56.7. The molecule has 18 nitrogen and oxygen atoms in total. The summed E-state index contributed by atoms with van der Waals surface area (Å²) < 4.78 is 32.3. The van der Waals surface area contributed by atoms with Gasteiger partial charge in [-0.3, -0.25) is 18.5 Å². The quantitative estimate of drug-likeness (QED) is 0.218. The van der Waals surface area contributed by atoms with Crippen molar-refractivity contribution in [2.75, 3.05) is 45.9 Å². The molecule has 0 spiro atoms. The van der Waals surface area contributed by atoms with Gasteiger partial charge in [0.05, 0.1) is 18.8 Å². The number of phosphoric ester groups is 1. The molecular weight excluding hydrogens is 605 g/mol. The highest BCUT2D eigenvalue weighted by molar-refractivity contribution is 7.46. The Bertz CT molecular complexity index is 1270. The molecule has 0 aromatic carbocycles. The minimum atomic E-state index is -4.15. The monoisotopic (exact) mass is 651 g/mol. The van der Waals surface area contributed by atoms with Crippen LogP contribution in [0.15, 0.2) is 34.1 Å². The van der Waals surface area contributed by atoms with E-state index in [1.807, 2.05) is 13.8 Å². The normalized spacial score (nSPS) is 20.3. The summed E-state index contributed by atoms with van der Waals surface area (Å²) in [6.07, 6.45) is 5.79. The maximum absolute atomic E-state index is 11.6.